The molecule has 2 aromatic carbocycles. The van der Waals surface area contributed by atoms with E-state index in [9.17, 15) is 4.79 Å². The molecule has 3 aromatic rings. The zero-order chi connectivity index (χ0) is 19.7. The van der Waals surface area contributed by atoms with Crippen LogP contribution in [0.1, 0.15) is 36.2 Å². The monoisotopic (exact) mass is 396 g/mol. The van der Waals surface area contributed by atoms with Crippen molar-refractivity contribution in [1.82, 2.24) is 20.7 Å². The van der Waals surface area contributed by atoms with Gasteiger partial charge in [-0.1, -0.05) is 41.9 Å². The number of hydrazine groups is 1. The molecule has 1 aromatic heterocycles. The fraction of sp³-hybridized carbons (Fsp3) is 0.318. The second-order valence-corrected chi connectivity index (χ2v) is 7.71. The first-order valence-electron chi connectivity index (χ1n) is 9.69. The lowest BCUT2D eigenvalue weighted by Gasteiger charge is -2.15. The number of nitrogens with zero attached hydrogens (tertiary/aromatic N) is 1. The Kier molecular flexibility index (Phi) is 5.40. The summed E-state index contributed by atoms with van der Waals surface area (Å²) < 4.78 is 2.36. The van der Waals surface area contributed by atoms with Crippen LogP contribution in [-0.4, -0.2) is 16.6 Å². The van der Waals surface area contributed by atoms with E-state index in [0.29, 0.717) is 11.4 Å². The molecule has 3 N–H and O–H groups in total. The van der Waals surface area contributed by atoms with Gasteiger partial charge in [0.15, 0.2) is 0 Å². The lowest BCUT2D eigenvalue weighted by atomic mass is 10.1. The summed E-state index contributed by atoms with van der Waals surface area (Å²) in [5.41, 5.74) is 11.3. The molecule has 5 nitrogen and oxygen atoms in total. The number of nitrogens with one attached hydrogen (secondary N) is 3. The summed E-state index contributed by atoms with van der Waals surface area (Å²) in [7, 11) is 0. The second-order valence-electron chi connectivity index (χ2n) is 7.28. The molecule has 0 bridgehead atoms. The highest BCUT2D eigenvalue weighted by Gasteiger charge is 2.30. The first-order chi connectivity index (χ1) is 13.6. The Hall–Kier alpha value is -2.34. The van der Waals surface area contributed by atoms with E-state index >= 15 is 0 Å². The molecule has 0 aliphatic carbocycles. The molecule has 1 aliphatic rings. The number of carbonyl (C=O) groups excluding carboxylic acids is 1. The number of hydrogen-bond donors (Lipinski definition) is 3. The third kappa shape index (κ3) is 3.65. The minimum Gasteiger partial charge on any atom is -0.343 e. The summed E-state index contributed by atoms with van der Waals surface area (Å²) in [6.45, 7) is 5.26. The number of aromatic nitrogens is 1. The molecule has 1 fully saturated rings. The van der Waals surface area contributed by atoms with Crippen LogP contribution in [0.3, 0.4) is 0 Å². The van der Waals surface area contributed by atoms with Gasteiger partial charge in [0.05, 0.1) is 18.6 Å². The lowest BCUT2D eigenvalue weighted by Crippen LogP contribution is -2.44. The van der Waals surface area contributed by atoms with Crippen LogP contribution >= 0.6 is 11.6 Å². The molecule has 1 saturated heterocycles. The molecule has 0 saturated carbocycles. The predicted octanol–water partition coefficient (Wildman–Crippen LogP) is 3.85. The zero-order valence-electron chi connectivity index (χ0n) is 16.1. The molecule has 2 unspecified atom stereocenters. The van der Waals surface area contributed by atoms with Crippen LogP contribution in [0.2, 0.25) is 5.02 Å². The van der Waals surface area contributed by atoms with Gasteiger partial charge in [-0.05, 0) is 43.2 Å². The smallest absolute Gasteiger partial charge is 0.225 e. The maximum absolute atomic E-state index is 12.4. The molecule has 2 atom stereocenters. The molecule has 0 radical (unpaired) electrons. The Morgan fingerprint density at radius 1 is 1.21 bits per heavy atom. The zero-order valence-corrected chi connectivity index (χ0v) is 16.9. The van der Waals surface area contributed by atoms with Crippen molar-refractivity contribution >= 4 is 28.4 Å². The number of carbonyl (C=O) groups is 1. The largest absolute Gasteiger partial charge is 0.343 e. The highest BCUT2D eigenvalue weighted by Crippen LogP contribution is 2.32. The number of aryl methyl sites for hydroxylation is 2. The highest BCUT2D eigenvalue weighted by atomic mass is 35.5. The Morgan fingerprint density at radius 2 is 2.04 bits per heavy atom. The van der Waals surface area contributed by atoms with Crippen molar-refractivity contribution in [2.75, 3.05) is 0 Å². The highest BCUT2D eigenvalue weighted by molar-refractivity contribution is 6.30. The summed E-state index contributed by atoms with van der Waals surface area (Å²) in [5.74, 6) is -0.0185. The topological polar surface area (TPSA) is 58.1 Å². The van der Waals surface area contributed by atoms with Crippen molar-refractivity contribution in [2.45, 2.75) is 45.4 Å². The number of benzene rings is 2. The third-order valence-corrected chi connectivity index (χ3v) is 5.65. The Morgan fingerprint density at radius 3 is 2.82 bits per heavy atom. The van der Waals surface area contributed by atoms with Crippen LogP contribution in [-0.2, 0) is 17.8 Å². The van der Waals surface area contributed by atoms with Gasteiger partial charge in [0, 0.05) is 34.6 Å². The fourth-order valence-electron chi connectivity index (χ4n) is 4.19. The average Bonchev–Trinajstić information content (AvgIpc) is 3.24. The van der Waals surface area contributed by atoms with E-state index in [4.69, 9.17) is 11.6 Å². The summed E-state index contributed by atoms with van der Waals surface area (Å²) >= 11 is 6.01. The van der Waals surface area contributed by atoms with Gasteiger partial charge in [-0.2, -0.15) is 0 Å². The van der Waals surface area contributed by atoms with E-state index in [1.165, 1.54) is 22.2 Å². The van der Waals surface area contributed by atoms with Crippen LogP contribution < -0.4 is 16.2 Å². The Bertz CT molecular complexity index is 1010. The van der Waals surface area contributed by atoms with Gasteiger partial charge in [0.2, 0.25) is 5.91 Å². The van der Waals surface area contributed by atoms with Crippen LogP contribution in [0.5, 0.6) is 0 Å². The van der Waals surface area contributed by atoms with Gasteiger partial charge in [-0.25, -0.2) is 10.9 Å². The standard InChI is InChI=1S/C22H25ClN4O/c1-3-27-19-10-5-4-9-17(19)14(2)22(27)18-13-20(26-25-18)24-21(28)12-15-7-6-8-16(23)11-15/h4-11,18,20,25-26H,3,12-13H2,1-2H3,(H,24,28). The van der Waals surface area contributed by atoms with E-state index < -0.39 is 0 Å². The van der Waals surface area contributed by atoms with Crippen molar-refractivity contribution in [3.8, 4) is 0 Å². The van der Waals surface area contributed by atoms with Gasteiger partial charge < -0.3 is 9.88 Å². The summed E-state index contributed by atoms with van der Waals surface area (Å²) in [6, 6.07) is 16.1. The number of fused-ring (bicyclic) bond motifs is 1. The SMILES string of the molecule is CCn1c(C2CC(NC(=O)Cc3cccc(Cl)c3)NN2)c(C)c2ccccc21. The second kappa shape index (κ2) is 7.95. The molecule has 0 spiro atoms. The van der Waals surface area contributed by atoms with Gasteiger partial charge in [0.25, 0.3) is 0 Å². The molecule has 28 heavy (non-hydrogen) atoms. The molecule has 146 valence electrons. The fourth-order valence-corrected chi connectivity index (χ4v) is 4.41. The van der Waals surface area contributed by atoms with Gasteiger partial charge in [-0.15, -0.1) is 0 Å². The first-order valence-corrected chi connectivity index (χ1v) is 10.1. The van der Waals surface area contributed by atoms with Gasteiger partial charge in [0.1, 0.15) is 0 Å². The Labute approximate surface area is 170 Å². The van der Waals surface area contributed by atoms with Crippen LogP contribution in [0.15, 0.2) is 48.5 Å². The van der Waals surface area contributed by atoms with E-state index in [-0.39, 0.29) is 18.1 Å². The van der Waals surface area contributed by atoms with E-state index in [2.05, 4.69) is 58.8 Å². The number of para-hydroxylation sites is 1. The third-order valence-electron chi connectivity index (χ3n) is 5.41. The molecular weight excluding hydrogens is 372 g/mol. The maximum Gasteiger partial charge on any atom is 0.225 e. The average molecular weight is 397 g/mol. The normalized spacial score (nSPS) is 19.2. The molecule has 6 heteroatoms. The molecule has 4 rings (SSSR count). The van der Waals surface area contributed by atoms with Crippen molar-refractivity contribution in [2.24, 2.45) is 0 Å². The molecule has 1 aliphatic heterocycles. The van der Waals surface area contributed by atoms with Crippen LogP contribution in [0, 0.1) is 6.92 Å². The number of hydrogen-bond acceptors (Lipinski definition) is 3. The first kappa shape index (κ1) is 19.0. The molecular formula is C22H25ClN4O. The summed E-state index contributed by atoms with van der Waals surface area (Å²) in [4.78, 5) is 12.4. The number of amides is 1. The van der Waals surface area contributed by atoms with Crippen LogP contribution in [0.4, 0.5) is 0 Å². The van der Waals surface area contributed by atoms with Crippen molar-refractivity contribution in [1.29, 1.82) is 0 Å². The van der Waals surface area contributed by atoms with E-state index in [0.717, 1.165) is 18.5 Å². The quantitative estimate of drug-likeness (QED) is 0.614. The van der Waals surface area contributed by atoms with Gasteiger partial charge >= 0.3 is 0 Å². The minimum atomic E-state index is -0.112. The van der Waals surface area contributed by atoms with Crippen molar-refractivity contribution in [3.63, 3.8) is 0 Å². The summed E-state index contributed by atoms with van der Waals surface area (Å²) in [5, 5.41) is 5.01. The van der Waals surface area contributed by atoms with Gasteiger partial charge in [-0.3, -0.25) is 4.79 Å². The maximum atomic E-state index is 12.4. The van der Waals surface area contributed by atoms with E-state index in [1.54, 1.807) is 0 Å². The van der Waals surface area contributed by atoms with Crippen molar-refractivity contribution < 1.29 is 4.79 Å². The summed E-state index contributed by atoms with van der Waals surface area (Å²) in [6.07, 6.45) is 0.996. The molecule has 1 amide bonds. The van der Waals surface area contributed by atoms with Crippen molar-refractivity contribution in [3.05, 3.63) is 70.4 Å². The number of rotatable bonds is 5. The number of halogens is 1. The van der Waals surface area contributed by atoms with Crippen LogP contribution in [0.25, 0.3) is 10.9 Å². The predicted molar refractivity (Wildman–Crippen MR) is 113 cm³/mol. The minimum absolute atomic E-state index is 0.0185. The molecule has 2 heterocycles. The lowest BCUT2D eigenvalue weighted by molar-refractivity contribution is -0.121. The Balaban J connectivity index is 1.47. The van der Waals surface area contributed by atoms with E-state index in [1.807, 2.05) is 24.3 Å².